The molecular formula is C10H11BrN2O. The molecule has 0 fully saturated rings. The lowest BCUT2D eigenvalue weighted by atomic mass is 10.2. The van der Waals surface area contributed by atoms with Crippen LogP contribution in [0, 0.1) is 0 Å². The van der Waals surface area contributed by atoms with Crippen LogP contribution in [0.15, 0.2) is 22.8 Å². The molecule has 14 heavy (non-hydrogen) atoms. The SMILES string of the molecule is COc1cc2[nH]cc(CN)c2cc1Br. The Morgan fingerprint density at radius 1 is 1.50 bits per heavy atom. The Hall–Kier alpha value is -1.00. The molecule has 0 bridgehead atoms. The number of aromatic nitrogens is 1. The minimum absolute atomic E-state index is 0.540. The Balaban J connectivity index is 2.69. The van der Waals surface area contributed by atoms with E-state index >= 15 is 0 Å². The van der Waals surface area contributed by atoms with Gasteiger partial charge in [-0.2, -0.15) is 0 Å². The van der Waals surface area contributed by atoms with E-state index in [1.165, 1.54) is 0 Å². The third-order valence-corrected chi connectivity index (χ3v) is 2.88. The molecule has 1 aromatic carbocycles. The first-order chi connectivity index (χ1) is 6.76. The molecule has 3 N–H and O–H groups in total. The number of nitrogens with one attached hydrogen (secondary N) is 1. The summed E-state index contributed by atoms with van der Waals surface area (Å²) in [6, 6.07) is 3.98. The Labute approximate surface area is 90.4 Å². The molecule has 0 saturated carbocycles. The van der Waals surface area contributed by atoms with Crippen molar-refractivity contribution in [3.05, 3.63) is 28.4 Å². The molecule has 0 unspecified atom stereocenters. The third-order valence-electron chi connectivity index (χ3n) is 2.26. The number of ether oxygens (including phenoxy) is 1. The third kappa shape index (κ3) is 1.40. The van der Waals surface area contributed by atoms with Crippen molar-refractivity contribution in [2.24, 2.45) is 5.73 Å². The van der Waals surface area contributed by atoms with Crippen molar-refractivity contribution in [2.45, 2.75) is 6.54 Å². The summed E-state index contributed by atoms with van der Waals surface area (Å²) >= 11 is 3.45. The van der Waals surface area contributed by atoms with Crippen LogP contribution in [0.2, 0.25) is 0 Å². The maximum absolute atomic E-state index is 5.61. The van der Waals surface area contributed by atoms with Gasteiger partial charge in [-0.25, -0.2) is 0 Å². The van der Waals surface area contributed by atoms with Crippen molar-refractivity contribution >= 4 is 26.8 Å². The molecule has 1 aromatic heterocycles. The number of fused-ring (bicyclic) bond motifs is 1. The molecule has 2 rings (SSSR count). The highest BCUT2D eigenvalue weighted by atomic mass is 79.9. The van der Waals surface area contributed by atoms with Crippen molar-refractivity contribution in [3.8, 4) is 5.75 Å². The largest absolute Gasteiger partial charge is 0.495 e. The Kier molecular flexibility index (Phi) is 2.48. The highest BCUT2D eigenvalue weighted by molar-refractivity contribution is 9.10. The first kappa shape index (κ1) is 9.55. The predicted octanol–water partition coefficient (Wildman–Crippen LogP) is 2.40. The van der Waals surface area contributed by atoms with Gasteiger partial charge in [0.1, 0.15) is 5.75 Å². The van der Waals surface area contributed by atoms with Gasteiger partial charge in [0, 0.05) is 29.7 Å². The monoisotopic (exact) mass is 254 g/mol. The molecule has 0 saturated heterocycles. The highest BCUT2D eigenvalue weighted by Gasteiger charge is 2.06. The topological polar surface area (TPSA) is 51.0 Å². The molecule has 74 valence electrons. The lowest BCUT2D eigenvalue weighted by Crippen LogP contribution is -1.94. The van der Waals surface area contributed by atoms with Gasteiger partial charge < -0.3 is 15.5 Å². The van der Waals surface area contributed by atoms with E-state index in [9.17, 15) is 0 Å². The van der Waals surface area contributed by atoms with Gasteiger partial charge >= 0.3 is 0 Å². The standard InChI is InChI=1S/C10H11BrN2O/c1-14-10-3-9-7(2-8(10)11)6(4-12)5-13-9/h2-3,5,13H,4,12H2,1H3. The molecule has 3 nitrogen and oxygen atoms in total. The number of methoxy groups -OCH3 is 1. The van der Waals surface area contributed by atoms with Gasteiger partial charge in [-0.3, -0.25) is 0 Å². The van der Waals surface area contributed by atoms with Gasteiger partial charge in [-0.15, -0.1) is 0 Å². The Morgan fingerprint density at radius 3 is 2.93 bits per heavy atom. The summed E-state index contributed by atoms with van der Waals surface area (Å²) in [5, 5.41) is 1.14. The van der Waals surface area contributed by atoms with Gasteiger partial charge in [0.2, 0.25) is 0 Å². The zero-order valence-corrected chi connectivity index (χ0v) is 9.39. The van der Waals surface area contributed by atoms with Crippen molar-refractivity contribution in [2.75, 3.05) is 7.11 Å². The second kappa shape index (κ2) is 3.63. The number of nitrogens with two attached hydrogens (primary N) is 1. The molecule has 0 aliphatic heterocycles. The fourth-order valence-electron chi connectivity index (χ4n) is 1.51. The molecular weight excluding hydrogens is 244 g/mol. The fourth-order valence-corrected chi connectivity index (χ4v) is 2.01. The summed E-state index contributed by atoms with van der Waals surface area (Å²) < 4.78 is 6.14. The predicted molar refractivity (Wildman–Crippen MR) is 60.4 cm³/mol. The van der Waals surface area contributed by atoms with Crippen LogP contribution in [0.3, 0.4) is 0 Å². The summed E-state index contributed by atoms with van der Waals surface area (Å²) in [7, 11) is 1.65. The molecule has 0 atom stereocenters. The van der Waals surface area contributed by atoms with Gasteiger partial charge in [0.15, 0.2) is 0 Å². The summed E-state index contributed by atoms with van der Waals surface area (Å²) in [6.07, 6.45) is 1.93. The van der Waals surface area contributed by atoms with E-state index in [4.69, 9.17) is 10.5 Å². The normalized spacial score (nSPS) is 10.8. The van der Waals surface area contributed by atoms with E-state index in [0.29, 0.717) is 6.54 Å². The minimum Gasteiger partial charge on any atom is -0.495 e. The van der Waals surface area contributed by atoms with Crippen LogP contribution in [0.5, 0.6) is 5.75 Å². The number of rotatable bonds is 2. The van der Waals surface area contributed by atoms with E-state index in [1.54, 1.807) is 7.11 Å². The van der Waals surface area contributed by atoms with Crippen molar-refractivity contribution in [3.63, 3.8) is 0 Å². The summed E-state index contributed by atoms with van der Waals surface area (Å²) in [4.78, 5) is 3.16. The van der Waals surface area contributed by atoms with E-state index < -0.39 is 0 Å². The molecule has 2 aromatic rings. The van der Waals surface area contributed by atoms with E-state index in [-0.39, 0.29) is 0 Å². The summed E-state index contributed by atoms with van der Waals surface area (Å²) in [6.45, 7) is 0.540. The van der Waals surface area contributed by atoms with Gasteiger partial charge in [0.25, 0.3) is 0 Å². The Morgan fingerprint density at radius 2 is 2.29 bits per heavy atom. The van der Waals surface area contributed by atoms with E-state index in [2.05, 4.69) is 20.9 Å². The molecule has 0 radical (unpaired) electrons. The maximum Gasteiger partial charge on any atom is 0.135 e. The summed E-state index contributed by atoms with van der Waals surface area (Å²) in [5.74, 6) is 0.822. The quantitative estimate of drug-likeness (QED) is 0.865. The van der Waals surface area contributed by atoms with Crippen LogP contribution >= 0.6 is 15.9 Å². The van der Waals surface area contributed by atoms with Crippen LogP contribution in [-0.4, -0.2) is 12.1 Å². The Bertz CT molecular complexity index is 464. The van der Waals surface area contributed by atoms with Crippen LogP contribution < -0.4 is 10.5 Å². The second-order valence-corrected chi connectivity index (χ2v) is 3.90. The van der Waals surface area contributed by atoms with Crippen LogP contribution in [0.25, 0.3) is 10.9 Å². The zero-order valence-electron chi connectivity index (χ0n) is 7.80. The zero-order chi connectivity index (χ0) is 10.1. The molecule has 0 aliphatic rings. The fraction of sp³-hybridized carbons (Fsp3) is 0.200. The van der Waals surface area contributed by atoms with Crippen LogP contribution in [-0.2, 0) is 6.54 Å². The average Bonchev–Trinajstić information content (AvgIpc) is 2.58. The number of hydrogen-bond donors (Lipinski definition) is 2. The number of hydrogen-bond acceptors (Lipinski definition) is 2. The van der Waals surface area contributed by atoms with Gasteiger partial charge in [-0.05, 0) is 27.6 Å². The van der Waals surface area contributed by atoms with E-state index in [1.807, 2.05) is 18.3 Å². The smallest absolute Gasteiger partial charge is 0.135 e. The molecule has 0 amide bonds. The first-order valence-electron chi connectivity index (χ1n) is 4.30. The average molecular weight is 255 g/mol. The number of aromatic amines is 1. The second-order valence-electron chi connectivity index (χ2n) is 3.05. The molecule has 4 heteroatoms. The van der Waals surface area contributed by atoms with Gasteiger partial charge in [0.05, 0.1) is 11.6 Å². The highest BCUT2D eigenvalue weighted by Crippen LogP contribution is 2.31. The van der Waals surface area contributed by atoms with Crippen LogP contribution in [0.1, 0.15) is 5.56 Å². The first-order valence-corrected chi connectivity index (χ1v) is 5.09. The molecule has 0 aliphatic carbocycles. The maximum atomic E-state index is 5.61. The number of halogens is 1. The summed E-state index contributed by atoms with van der Waals surface area (Å²) in [5.41, 5.74) is 7.78. The molecule has 1 heterocycles. The minimum atomic E-state index is 0.540. The molecule has 0 spiro atoms. The van der Waals surface area contributed by atoms with Crippen molar-refractivity contribution in [1.29, 1.82) is 0 Å². The lowest BCUT2D eigenvalue weighted by Gasteiger charge is -2.03. The number of benzene rings is 1. The van der Waals surface area contributed by atoms with Gasteiger partial charge in [-0.1, -0.05) is 0 Å². The van der Waals surface area contributed by atoms with Crippen molar-refractivity contribution in [1.82, 2.24) is 4.98 Å². The van der Waals surface area contributed by atoms with Crippen molar-refractivity contribution < 1.29 is 4.74 Å². The lowest BCUT2D eigenvalue weighted by molar-refractivity contribution is 0.413. The van der Waals surface area contributed by atoms with Crippen LogP contribution in [0.4, 0.5) is 0 Å². The van der Waals surface area contributed by atoms with E-state index in [0.717, 1.165) is 26.7 Å². The number of H-pyrrole nitrogens is 1.